The van der Waals surface area contributed by atoms with Crippen LogP contribution in [-0.4, -0.2) is 0 Å². The molecule has 0 N–H and O–H groups in total. The van der Waals surface area contributed by atoms with E-state index in [2.05, 4.69) is 173 Å². The minimum atomic E-state index is -0.0728. The molecule has 0 heterocycles. The largest absolute Gasteiger partial charge is 0.310 e. The Balaban J connectivity index is 1.28. The molecule has 45 heavy (non-hydrogen) atoms. The van der Waals surface area contributed by atoms with Gasteiger partial charge in [-0.3, -0.25) is 0 Å². The monoisotopic (exact) mass is 579 g/mol. The molecule has 0 spiro atoms. The van der Waals surface area contributed by atoms with E-state index < -0.39 is 0 Å². The topological polar surface area (TPSA) is 3.24 Å². The second-order valence-electron chi connectivity index (χ2n) is 13.5. The van der Waals surface area contributed by atoms with E-state index in [0.717, 1.165) is 11.3 Å². The molecule has 1 heteroatoms. The fraction of sp³-hybridized carbons (Fsp3) is 0.136. The third kappa shape index (κ3) is 4.15. The molecule has 0 aliphatic heterocycles. The lowest BCUT2D eigenvalue weighted by molar-refractivity contribution is 0.660. The first-order chi connectivity index (χ1) is 21.8. The van der Waals surface area contributed by atoms with Crippen molar-refractivity contribution in [2.24, 2.45) is 0 Å². The fourth-order valence-corrected chi connectivity index (χ4v) is 7.72. The van der Waals surface area contributed by atoms with Gasteiger partial charge < -0.3 is 4.90 Å². The highest BCUT2D eigenvalue weighted by Gasteiger charge is 2.37. The first-order valence-electron chi connectivity index (χ1n) is 15.9. The van der Waals surface area contributed by atoms with Gasteiger partial charge in [0.2, 0.25) is 0 Å². The molecule has 0 atom stereocenters. The highest BCUT2D eigenvalue weighted by atomic mass is 15.1. The van der Waals surface area contributed by atoms with Gasteiger partial charge in [-0.15, -0.1) is 0 Å². The molecule has 6 aromatic rings. The first-order valence-corrected chi connectivity index (χ1v) is 15.9. The van der Waals surface area contributed by atoms with Gasteiger partial charge in [0, 0.05) is 27.9 Å². The molecule has 6 aromatic carbocycles. The summed E-state index contributed by atoms with van der Waals surface area (Å²) in [6.45, 7) is 13.3. The van der Waals surface area contributed by atoms with Crippen molar-refractivity contribution >= 4 is 23.1 Å². The van der Waals surface area contributed by atoms with E-state index in [1.807, 2.05) is 6.08 Å². The van der Waals surface area contributed by atoms with Crippen molar-refractivity contribution in [3.05, 3.63) is 168 Å². The lowest BCUT2D eigenvalue weighted by atomic mass is 9.82. The number of hydrogen-bond donors (Lipinski definition) is 0. The quantitative estimate of drug-likeness (QED) is 0.196. The molecule has 0 saturated carbocycles. The van der Waals surface area contributed by atoms with Crippen LogP contribution in [0.15, 0.2) is 140 Å². The minimum absolute atomic E-state index is 0.0728. The number of hydrogen-bond acceptors (Lipinski definition) is 1. The Labute approximate surface area is 267 Å². The van der Waals surface area contributed by atoms with Crippen molar-refractivity contribution in [1.82, 2.24) is 0 Å². The molecular formula is C44H37N. The Bertz CT molecular complexity index is 2000. The van der Waals surface area contributed by atoms with E-state index in [4.69, 9.17) is 0 Å². The van der Waals surface area contributed by atoms with Crippen LogP contribution in [0.1, 0.15) is 55.5 Å². The summed E-state index contributed by atoms with van der Waals surface area (Å²) < 4.78 is 0. The smallest absolute Gasteiger partial charge is 0.0465 e. The van der Waals surface area contributed by atoms with E-state index in [1.54, 1.807) is 0 Å². The Morgan fingerprint density at radius 1 is 0.444 bits per heavy atom. The Kier molecular flexibility index (Phi) is 6.05. The maximum Gasteiger partial charge on any atom is 0.0465 e. The summed E-state index contributed by atoms with van der Waals surface area (Å²) >= 11 is 0. The van der Waals surface area contributed by atoms with Crippen molar-refractivity contribution in [2.45, 2.75) is 38.5 Å². The molecule has 0 unspecified atom stereocenters. The van der Waals surface area contributed by atoms with Crippen LogP contribution < -0.4 is 4.90 Å². The molecule has 218 valence electrons. The van der Waals surface area contributed by atoms with Gasteiger partial charge in [-0.2, -0.15) is 0 Å². The van der Waals surface area contributed by atoms with Crippen molar-refractivity contribution in [3.8, 4) is 33.4 Å². The second kappa shape index (κ2) is 9.94. The van der Waals surface area contributed by atoms with Crippen LogP contribution in [0.2, 0.25) is 0 Å². The molecule has 2 aliphatic carbocycles. The lowest BCUT2D eigenvalue weighted by Crippen LogP contribution is -2.18. The summed E-state index contributed by atoms with van der Waals surface area (Å²) in [7, 11) is 0. The van der Waals surface area contributed by atoms with Crippen LogP contribution in [0.3, 0.4) is 0 Å². The number of benzene rings is 6. The van der Waals surface area contributed by atoms with Crippen molar-refractivity contribution in [2.75, 3.05) is 4.90 Å². The molecule has 8 rings (SSSR count). The minimum Gasteiger partial charge on any atom is -0.310 e. The lowest BCUT2D eigenvalue weighted by Gasteiger charge is -2.30. The van der Waals surface area contributed by atoms with Crippen molar-refractivity contribution in [3.63, 3.8) is 0 Å². The summed E-state index contributed by atoms with van der Waals surface area (Å²) in [5, 5.41) is 0. The van der Waals surface area contributed by atoms with E-state index in [0.29, 0.717) is 0 Å². The number of rotatable bonds is 5. The van der Waals surface area contributed by atoms with Gasteiger partial charge in [-0.05, 0) is 97.6 Å². The number of anilines is 3. The summed E-state index contributed by atoms with van der Waals surface area (Å²) in [6.07, 6.45) is 1.89. The zero-order chi connectivity index (χ0) is 30.9. The number of nitrogens with zero attached hydrogens (tertiary/aromatic N) is 1. The number of fused-ring (bicyclic) bond motifs is 6. The van der Waals surface area contributed by atoms with Crippen LogP contribution >= 0.6 is 0 Å². The van der Waals surface area contributed by atoms with Gasteiger partial charge in [0.1, 0.15) is 0 Å². The first kappa shape index (κ1) is 27.4. The molecular weight excluding hydrogens is 542 g/mol. The summed E-state index contributed by atoms with van der Waals surface area (Å²) in [5.41, 5.74) is 17.8. The average Bonchev–Trinajstić information content (AvgIpc) is 3.45. The van der Waals surface area contributed by atoms with Crippen molar-refractivity contribution in [1.29, 1.82) is 0 Å². The van der Waals surface area contributed by atoms with Crippen LogP contribution in [0.25, 0.3) is 39.5 Å². The van der Waals surface area contributed by atoms with E-state index in [1.165, 1.54) is 67.0 Å². The molecule has 1 nitrogen and oxygen atoms in total. The zero-order valence-corrected chi connectivity index (χ0v) is 26.4. The van der Waals surface area contributed by atoms with Gasteiger partial charge in [0.15, 0.2) is 0 Å². The van der Waals surface area contributed by atoms with Gasteiger partial charge >= 0.3 is 0 Å². The molecule has 0 amide bonds. The SMILES string of the molecule is C=Cc1ccc(-c2ccc(N(c3ccc4c(c3)C(C)(C)c3ccccc3-4)c3ccc4c(c3)C(C)(C)c3ccccc3-4)cc2)cc1. The standard InChI is InChI=1S/C44H37N/c1-6-29-15-17-30(18-16-29)31-19-21-32(22-20-31)45(33-23-25-37-35-11-7-9-13-39(35)43(2,3)41(37)27-33)34-24-26-38-36-12-8-10-14-40(36)44(4,5)42(38)28-34/h6-28H,1H2,2-5H3. The van der Waals surface area contributed by atoms with Gasteiger partial charge in [0.25, 0.3) is 0 Å². The molecule has 0 saturated heterocycles. The normalized spacial score (nSPS) is 14.7. The summed E-state index contributed by atoms with van der Waals surface area (Å²) in [5.74, 6) is 0. The third-order valence-electron chi connectivity index (χ3n) is 10.3. The predicted molar refractivity (Wildman–Crippen MR) is 192 cm³/mol. The average molecular weight is 580 g/mol. The van der Waals surface area contributed by atoms with E-state index in [-0.39, 0.29) is 10.8 Å². The molecule has 2 aliphatic rings. The molecule has 0 bridgehead atoms. The molecule has 0 fully saturated rings. The van der Waals surface area contributed by atoms with Crippen LogP contribution in [-0.2, 0) is 10.8 Å². The highest BCUT2D eigenvalue weighted by Crippen LogP contribution is 2.53. The second-order valence-corrected chi connectivity index (χ2v) is 13.5. The summed E-state index contributed by atoms with van der Waals surface area (Å²) in [6, 6.07) is 49.4. The summed E-state index contributed by atoms with van der Waals surface area (Å²) in [4.78, 5) is 2.43. The third-order valence-corrected chi connectivity index (χ3v) is 10.3. The van der Waals surface area contributed by atoms with Gasteiger partial charge in [-0.25, -0.2) is 0 Å². The van der Waals surface area contributed by atoms with Gasteiger partial charge in [0.05, 0.1) is 0 Å². The Morgan fingerprint density at radius 2 is 0.844 bits per heavy atom. The van der Waals surface area contributed by atoms with Gasteiger partial charge in [-0.1, -0.05) is 137 Å². The van der Waals surface area contributed by atoms with Crippen LogP contribution in [0, 0.1) is 0 Å². The highest BCUT2D eigenvalue weighted by molar-refractivity contribution is 5.88. The predicted octanol–water partition coefficient (Wildman–Crippen LogP) is 12.1. The zero-order valence-electron chi connectivity index (χ0n) is 26.4. The maximum absolute atomic E-state index is 3.90. The van der Waals surface area contributed by atoms with E-state index in [9.17, 15) is 0 Å². The fourth-order valence-electron chi connectivity index (χ4n) is 7.72. The van der Waals surface area contributed by atoms with E-state index >= 15 is 0 Å². The molecule has 0 aromatic heterocycles. The maximum atomic E-state index is 3.90. The van der Waals surface area contributed by atoms with Crippen LogP contribution in [0.4, 0.5) is 17.1 Å². The Hall–Kier alpha value is -5.14. The van der Waals surface area contributed by atoms with Crippen molar-refractivity contribution < 1.29 is 0 Å². The van der Waals surface area contributed by atoms with Crippen LogP contribution in [0.5, 0.6) is 0 Å². The Morgan fingerprint density at radius 3 is 1.31 bits per heavy atom. The molecule has 0 radical (unpaired) electrons.